The van der Waals surface area contributed by atoms with Gasteiger partial charge in [0.15, 0.2) is 5.96 Å². The number of likely N-dealkylation sites (tertiary alicyclic amines) is 1. The van der Waals surface area contributed by atoms with Crippen molar-refractivity contribution >= 4 is 11.6 Å². The maximum Gasteiger partial charge on any atom is 0.194 e. The van der Waals surface area contributed by atoms with Crippen molar-refractivity contribution in [2.75, 3.05) is 63.8 Å². The Hall–Kier alpha value is -1.95. The Labute approximate surface area is 163 Å². The summed E-state index contributed by atoms with van der Waals surface area (Å²) in [5.41, 5.74) is 0.929. The number of guanidine groups is 1. The first-order valence-electron chi connectivity index (χ1n) is 10.5. The van der Waals surface area contributed by atoms with Crippen LogP contribution in [0.4, 0.5) is 5.69 Å². The molecule has 150 valence electrons. The number of piperidine rings is 1. The Morgan fingerprint density at radius 1 is 1.19 bits per heavy atom. The van der Waals surface area contributed by atoms with Gasteiger partial charge in [0.25, 0.3) is 0 Å². The Bertz CT molecular complexity index is 612. The van der Waals surface area contributed by atoms with Crippen molar-refractivity contribution in [1.82, 2.24) is 15.1 Å². The second-order valence-corrected chi connectivity index (χ2v) is 7.75. The van der Waals surface area contributed by atoms with Gasteiger partial charge in [-0.05, 0) is 44.4 Å². The summed E-state index contributed by atoms with van der Waals surface area (Å²) >= 11 is 0. The number of nitrogens with zero attached hydrogens (tertiary/aromatic N) is 4. The van der Waals surface area contributed by atoms with Crippen LogP contribution in [0.1, 0.15) is 26.7 Å². The molecule has 2 N–H and O–H groups in total. The van der Waals surface area contributed by atoms with Crippen LogP contribution in [0.5, 0.6) is 5.75 Å². The molecular weight excluding hydrogens is 338 g/mol. The molecule has 0 aliphatic carbocycles. The largest absolute Gasteiger partial charge is 0.506 e. The molecule has 2 fully saturated rings. The number of anilines is 1. The molecule has 0 saturated carbocycles. The molecule has 0 amide bonds. The highest BCUT2D eigenvalue weighted by Gasteiger charge is 2.21. The number of aliphatic imine (C=N–C) groups is 1. The molecule has 27 heavy (non-hydrogen) atoms. The highest BCUT2D eigenvalue weighted by molar-refractivity contribution is 5.80. The first kappa shape index (κ1) is 19.8. The summed E-state index contributed by atoms with van der Waals surface area (Å²) in [6, 6.07) is 7.60. The van der Waals surface area contributed by atoms with E-state index in [2.05, 4.69) is 33.9 Å². The minimum absolute atomic E-state index is 0.363. The molecule has 0 radical (unpaired) electrons. The molecule has 1 unspecified atom stereocenters. The van der Waals surface area contributed by atoms with Gasteiger partial charge in [-0.2, -0.15) is 0 Å². The van der Waals surface area contributed by atoms with E-state index in [4.69, 9.17) is 4.99 Å². The van der Waals surface area contributed by atoms with Gasteiger partial charge in [-0.3, -0.25) is 4.99 Å². The average Bonchev–Trinajstić information content (AvgIpc) is 2.68. The predicted molar refractivity (Wildman–Crippen MR) is 113 cm³/mol. The van der Waals surface area contributed by atoms with E-state index in [1.54, 1.807) is 6.07 Å². The molecule has 6 nitrogen and oxygen atoms in total. The molecule has 0 bridgehead atoms. The van der Waals surface area contributed by atoms with E-state index in [0.29, 0.717) is 5.75 Å². The van der Waals surface area contributed by atoms with Gasteiger partial charge in [0.1, 0.15) is 5.75 Å². The van der Waals surface area contributed by atoms with Gasteiger partial charge in [0, 0.05) is 45.8 Å². The Kier molecular flexibility index (Phi) is 7.21. The molecule has 2 heterocycles. The van der Waals surface area contributed by atoms with Crippen LogP contribution in [0, 0.1) is 5.92 Å². The lowest BCUT2D eigenvalue weighted by Crippen LogP contribution is -2.52. The number of phenols is 1. The van der Waals surface area contributed by atoms with Crippen LogP contribution in [0.2, 0.25) is 0 Å². The molecule has 2 aliphatic heterocycles. The number of phenolic OH excluding ortho intramolecular Hbond substituents is 1. The molecule has 1 aromatic rings. The topological polar surface area (TPSA) is 54.3 Å². The van der Waals surface area contributed by atoms with Gasteiger partial charge in [-0.1, -0.05) is 19.1 Å². The molecule has 2 aliphatic rings. The van der Waals surface area contributed by atoms with Crippen molar-refractivity contribution in [3.05, 3.63) is 24.3 Å². The van der Waals surface area contributed by atoms with E-state index in [-0.39, 0.29) is 0 Å². The number of rotatable bonds is 5. The molecule has 6 heteroatoms. The zero-order valence-corrected chi connectivity index (χ0v) is 16.9. The second-order valence-electron chi connectivity index (χ2n) is 7.75. The third-order valence-corrected chi connectivity index (χ3v) is 5.56. The molecule has 0 aromatic heterocycles. The summed E-state index contributed by atoms with van der Waals surface area (Å²) in [6.07, 6.45) is 2.68. The van der Waals surface area contributed by atoms with Crippen molar-refractivity contribution in [1.29, 1.82) is 0 Å². The number of para-hydroxylation sites is 2. The van der Waals surface area contributed by atoms with Crippen LogP contribution in [0.25, 0.3) is 0 Å². The lowest BCUT2D eigenvalue weighted by molar-refractivity contribution is 0.188. The number of piperazine rings is 1. The quantitative estimate of drug-likeness (QED) is 0.612. The fourth-order valence-electron chi connectivity index (χ4n) is 4.10. The van der Waals surface area contributed by atoms with Crippen molar-refractivity contribution in [2.24, 2.45) is 10.9 Å². The Morgan fingerprint density at radius 2 is 1.96 bits per heavy atom. The van der Waals surface area contributed by atoms with E-state index in [1.165, 1.54) is 25.9 Å². The smallest absolute Gasteiger partial charge is 0.194 e. The monoisotopic (exact) mass is 373 g/mol. The number of aromatic hydroxyl groups is 1. The SMILES string of the molecule is CCNC(=NCCN1CCCC(C)C1)N1CCN(c2ccccc2O)CC1. The van der Waals surface area contributed by atoms with Gasteiger partial charge in [0.05, 0.1) is 12.2 Å². The summed E-state index contributed by atoms with van der Waals surface area (Å²) < 4.78 is 0. The van der Waals surface area contributed by atoms with Crippen LogP contribution < -0.4 is 10.2 Å². The normalized spacial score (nSPS) is 22.1. The van der Waals surface area contributed by atoms with Crippen LogP contribution in [-0.4, -0.2) is 79.8 Å². The summed E-state index contributed by atoms with van der Waals surface area (Å²) in [5, 5.41) is 13.5. The highest BCUT2D eigenvalue weighted by Crippen LogP contribution is 2.27. The Balaban J connectivity index is 1.52. The van der Waals surface area contributed by atoms with Gasteiger partial charge >= 0.3 is 0 Å². The van der Waals surface area contributed by atoms with Crippen molar-refractivity contribution in [3.63, 3.8) is 0 Å². The zero-order valence-electron chi connectivity index (χ0n) is 16.9. The first-order valence-corrected chi connectivity index (χ1v) is 10.5. The molecule has 0 spiro atoms. The van der Waals surface area contributed by atoms with Gasteiger partial charge < -0.3 is 25.1 Å². The highest BCUT2D eigenvalue weighted by atomic mass is 16.3. The maximum atomic E-state index is 10.1. The maximum absolute atomic E-state index is 10.1. The average molecular weight is 374 g/mol. The third-order valence-electron chi connectivity index (χ3n) is 5.56. The van der Waals surface area contributed by atoms with E-state index in [9.17, 15) is 5.11 Å². The molecule has 2 saturated heterocycles. The summed E-state index contributed by atoms with van der Waals surface area (Å²) in [5.74, 6) is 2.21. The molecule has 1 atom stereocenters. The fourth-order valence-corrected chi connectivity index (χ4v) is 4.10. The van der Waals surface area contributed by atoms with E-state index in [1.807, 2.05) is 18.2 Å². The van der Waals surface area contributed by atoms with Crippen LogP contribution in [0.3, 0.4) is 0 Å². The van der Waals surface area contributed by atoms with Crippen LogP contribution in [0.15, 0.2) is 29.3 Å². The first-order chi connectivity index (χ1) is 13.2. The van der Waals surface area contributed by atoms with E-state index < -0.39 is 0 Å². The summed E-state index contributed by atoms with van der Waals surface area (Å²) in [4.78, 5) is 12.0. The Morgan fingerprint density at radius 3 is 2.67 bits per heavy atom. The fraction of sp³-hybridized carbons (Fsp3) is 0.667. The minimum atomic E-state index is 0.363. The molecule has 1 aromatic carbocycles. The summed E-state index contributed by atoms with van der Waals surface area (Å²) in [7, 11) is 0. The van der Waals surface area contributed by atoms with Crippen molar-refractivity contribution in [2.45, 2.75) is 26.7 Å². The lowest BCUT2D eigenvalue weighted by Gasteiger charge is -2.38. The molecular formula is C21H35N5O. The van der Waals surface area contributed by atoms with E-state index in [0.717, 1.165) is 63.4 Å². The van der Waals surface area contributed by atoms with E-state index >= 15 is 0 Å². The summed E-state index contributed by atoms with van der Waals surface area (Å²) in [6.45, 7) is 13.3. The minimum Gasteiger partial charge on any atom is -0.506 e. The second kappa shape index (κ2) is 9.83. The number of hydrogen-bond acceptors (Lipinski definition) is 4. The van der Waals surface area contributed by atoms with Gasteiger partial charge in [-0.25, -0.2) is 0 Å². The van der Waals surface area contributed by atoms with Gasteiger partial charge in [0.2, 0.25) is 0 Å². The number of nitrogens with one attached hydrogen (secondary N) is 1. The third kappa shape index (κ3) is 5.51. The van der Waals surface area contributed by atoms with Crippen molar-refractivity contribution < 1.29 is 5.11 Å². The standard InChI is InChI=1S/C21H35N5O/c1-3-22-21(23-10-12-24-11-6-7-18(2)17-24)26-15-13-25(14-16-26)19-8-4-5-9-20(19)27/h4-5,8-9,18,27H,3,6-7,10-17H2,1-2H3,(H,22,23). The predicted octanol–water partition coefficient (Wildman–Crippen LogP) is 2.21. The lowest BCUT2D eigenvalue weighted by atomic mass is 10.0. The van der Waals surface area contributed by atoms with Crippen LogP contribution >= 0.6 is 0 Å². The van der Waals surface area contributed by atoms with Gasteiger partial charge in [-0.15, -0.1) is 0 Å². The number of benzene rings is 1. The van der Waals surface area contributed by atoms with Crippen LogP contribution in [-0.2, 0) is 0 Å². The molecule has 3 rings (SSSR count). The zero-order chi connectivity index (χ0) is 19.1. The number of hydrogen-bond donors (Lipinski definition) is 2. The van der Waals surface area contributed by atoms with Crippen molar-refractivity contribution in [3.8, 4) is 5.75 Å².